The first-order chi connectivity index (χ1) is 12.3. The minimum atomic E-state index is -0.360. The zero-order valence-corrected chi connectivity index (χ0v) is 14.4. The summed E-state index contributed by atoms with van der Waals surface area (Å²) in [6.45, 7) is 0. The summed E-state index contributed by atoms with van der Waals surface area (Å²) in [5.41, 5.74) is 1.93. The number of benzene rings is 2. The number of aromatic nitrogens is 3. The number of carbonyl (C=O) groups is 1. The summed E-state index contributed by atoms with van der Waals surface area (Å²) >= 11 is 1.37. The third-order valence-electron chi connectivity index (χ3n) is 4.00. The van der Waals surface area contributed by atoms with E-state index in [1.54, 1.807) is 0 Å². The summed E-state index contributed by atoms with van der Waals surface area (Å²) in [5, 5.41) is 10.5. The van der Waals surface area contributed by atoms with Gasteiger partial charge >= 0.3 is 0 Å². The lowest BCUT2D eigenvalue weighted by Gasteiger charge is -2.15. The van der Waals surface area contributed by atoms with E-state index in [1.807, 2.05) is 60.7 Å². The van der Waals surface area contributed by atoms with Crippen LogP contribution in [-0.2, 0) is 4.79 Å². The van der Waals surface area contributed by atoms with Crippen molar-refractivity contribution in [1.29, 1.82) is 0 Å². The van der Waals surface area contributed by atoms with E-state index >= 15 is 0 Å². The summed E-state index contributed by atoms with van der Waals surface area (Å²) in [4.78, 5) is 17.2. The van der Waals surface area contributed by atoms with Crippen LogP contribution in [0.4, 0.5) is 0 Å². The second-order valence-corrected chi connectivity index (χ2v) is 7.10. The van der Waals surface area contributed by atoms with Crippen LogP contribution in [0.2, 0.25) is 0 Å². The molecule has 4 rings (SSSR count). The molecule has 5 nitrogen and oxygen atoms in total. The van der Waals surface area contributed by atoms with Crippen molar-refractivity contribution in [3.8, 4) is 11.4 Å². The normalized spacial score (nSPS) is 14.9. The Morgan fingerprint density at radius 1 is 1.08 bits per heavy atom. The lowest BCUT2D eigenvalue weighted by molar-refractivity contribution is -0.120. The average Bonchev–Trinajstić information content (AvgIpc) is 3.35. The lowest BCUT2D eigenvalue weighted by atomic mass is 10.1. The van der Waals surface area contributed by atoms with Crippen LogP contribution in [-0.4, -0.2) is 27.1 Å². The molecule has 0 unspecified atom stereocenters. The van der Waals surface area contributed by atoms with Gasteiger partial charge in [-0.15, -0.1) is 5.10 Å². The number of aromatic amines is 1. The number of H-pyrrole nitrogens is 1. The van der Waals surface area contributed by atoms with Gasteiger partial charge in [0.15, 0.2) is 5.82 Å². The zero-order chi connectivity index (χ0) is 17.1. The molecule has 2 N–H and O–H groups in total. The Kier molecular flexibility index (Phi) is 4.52. The molecule has 126 valence electrons. The highest BCUT2D eigenvalue weighted by Crippen LogP contribution is 2.35. The van der Waals surface area contributed by atoms with Crippen LogP contribution in [0.25, 0.3) is 11.4 Å². The van der Waals surface area contributed by atoms with E-state index in [1.165, 1.54) is 11.8 Å². The monoisotopic (exact) mass is 350 g/mol. The van der Waals surface area contributed by atoms with E-state index in [0.29, 0.717) is 17.0 Å². The fourth-order valence-electron chi connectivity index (χ4n) is 2.53. The number of amides is 1. The van der Waals surface area contributed by atoms with Gasteiger partial charge in [-0.05, 0) is 18.4 Å². The van der Waals surface area contributed by atoms with Crippen LogP contribution in [0.5, 0.6) is 0 Å². The van der Waals surface area contributed by atoms with Crippen LogP contribution in [0.1, 0.15) is 23.7 Å². The van der Waals surface area contributed by atoms with Crippen molar-refractivity contribution in [1.82, 2.24) is 20.5 Å². The van der Waals surface area contributed by atoms with Crippen LogP contribution < -0.4 is 5.32 Å². The molecule has 1 fully saturated rings. The maximum Gasteiger partial charge on any atom is 0.238 e. The van der Waals surface area contributed by atoms with Gasteiger partial charge in [-0.25, -0.2) is 4.98 Å². The number of hydrogen-bond acceptors (Lipinski definition) is 4. The molecular weight excluding hydrogens is 332 g/mol. The number of nitrogens with zero attached hydrogens (tertiary/aromatic N) is 2. The Hall–Kier alpha value is -2.60. The minimum absolute atomic E-state index is 0.0183. The first kappa shape index (κ1) is 15.9. The highest BCUT2D eigenvalue weighted by atomic mass is 32.2. The molecule has 1 atom stereocenters. The molecule has 25 heavy (non-hydrogen) atoms. The summed E-state index contributed by atoms with van der Waals surface area (Å²) < 4.78 is 0. The smallest absolute Gasteiger partial charge is 0.238 e. The molecule has 0 aliphatic heterocycles. The molecule has 1 aliphatic rings. The Bertz CT molecular complexity index is 846. The molecule has 2 aromatic carbocycles. The van der Waals surface area contributed by atoms with Crippen molar-refractivity contribution in [3.63, 3.8) is 0 Å². The van der Waals surface area contributed by atoms with Crippen molar-refractivity contribution in [2.24, 2.45) is 0 Å². The Labute approximate surface area is 150 Å². The van der Waals surface area contributed by atoms with Gasteiger partial charge in [0.2, 0.25) is 11.1 Å². The lowest BCUT2D eigenvalue weighted by Crippen LogP contribution is -2.29. The number of hydrogen-bond donors (Lipinski definition) is 2. The van der Waals surface area contributed by atoms with Gasteiger partial charge in [-0.3, -0.25) is 9.89 Å². The Morgan fingerprint density at radius 2 is 1.76 bits per heavy atom. The minimum Gasteiger partial charge on any atom is -0.352 e. The first-order valence-corrected chi connectivity index (χ1v) is 9.17. The van der Waals surface area contributed by atoms with Crippen LogP contribution >= 0.6 is 11.8 Å². The Balaban J connectivity index is 1.56. The van der Waals surface area contributed by atoms with Crippen LogP contribution in [0.3, 0.4) is 0 Å². The predicted octanol–water partition coefficient (Wildman–Crippen LogP) is 3.58. The predicted molar refractivity (Wildman–Crippen MR) is 98.0 cm³/mol. The fourth-order valence-corrected chi connectivity index (χ4v) is 3.46. The van der Waals surface area contributed by atoms with Crippen LogP contribution in [0.15, 0.2) is 65.8 Å². The van der Waals surface area contributed by atoms with Gasteiger partial charge in [-0.1, -0.05) is 72.4 Å². The van der Waals surface area contributed by atoms with Gasteiger partial charge in [0.25, 0.3) is 0 Å². The van der Waals surface area contributed by atoms with Crippen molar-refractivity contribution in [2.75, 3.05) is 0 Å². The van der Waals surface area contributed by atoms with Crippen molar-refractivity contribution in [3.05, 3.63) is 66.2 Å². The van der Waals surface area contributed by atoms with E-state index in [-0.39, 0.29) is 11.2 Å². The maximum atomic E-state index is 12.7. The Morgan fingerprint density at radius 3 is 2.44 bits per heavy atom. The molecule has 1 saturated carbocycles. The molecule has 1 amide bonds. The standard InChI is InChI=1S/C19H18N4OS/c24-18(20-15-11-12-15)16(13-7-3-1-4-8-13)25-19-21-17(22-23-19)14-9-5-2-6-10-14/h1-10,15-16H,11-12H2,(H,20,24)(H,21,22,23)/t16-/m1/s1. The summed E-state index contributed by atoms with van der Waals surface area (Å²) in [6, 6.07) is 19.9. The fraction of sp³-hybridized carbons (Fsp3) is 0.211. The number of carbonyl (C=O) groups excluding carboxylic acids is 1. The summed E-state index contributed by atoms with van der Waals surface area (Å²) in [7, 11) is 0. The van der Waals surface area contributed by atoms with Gasteiger partial charge in [0.1, 0.15) is 5.25 Å². The third kappa shape index (κ3) is 3.91. The van der Waals surface area contributed by atoms with Crippen LogP contribution in [0, 0.1) is 0 Å². The number of nitrogens with one attached hydrogen (secondary N) is 2. The molecule has 3 aromatic rings. The van der Waals surface area contributed by atoms with Crippen molar-refractivity contribution in [2.45, 2.75) is 29.3 Å². The first-order valence-electron chi connectivity index (χ1n) is 8.29. The molecule has 1 aliphatic carbocycles. The van der Waals surface area contributed by atoms with E-state index in [2.05, 4.69) is 20.5 Å². The van der Waals surface area contributed by atoms with Gasteiger partial charge < -0.3 is 5.32 Å². The van der Waals surface area contributed by atoms with E-state index in [0.717, 1.165) is 24.0 Å². The average molecular weight is 350 g/mol. The highest BCUT2D eigenvalue weighted by molar-refractivity contribution is 8.00. The molecule has 6 heteroatoms. The second kappa shape index (κ2) is 7.11. The maximum absolute atomic E-state index is 12.7. The molecular formula is C19H18N4OS. The molecule has 0 bridgehead atoms. The van der Waals surface area contributed by atoms with Crippen molar-refractivity contribution < 1.29 is 4.79 Å². The SMILES string of the molecule is O=C(NC1CC1)[C@H](Sc1n[nH]c(-c2ccccc2)n1)c1ccccc1. The highest BCUT2D eigenvalue weighted by Gasteiger charge is 2.30. The second-order valence-electron chi connectivity index (χ2n) is 6.02. The third-order valence-corrected chi connectivity index (χ3v) is 5.11. The zero-order valence-electron chi connectivity index (χ0n) is 13.6. The number of thioether (sulfide) groups is 1. The summed E-state index contributed by atoms with van der Waals surface area (Å²) in [5.74, 6) is 0.724. The van der Waals surface area contributed by atoms with E-state index in [4.69, 9.17) is 0 Å². The largest absolute Gasteiger partial charge is 0.352 e. The van der Waals surface area contributed by atoms with Gasteiger partial charge in [-0.2, -0.15) is 0 Å². The molecule has 0 saturated heterocycles. The molecule has 1 heterocycles. The van der Waals surface area contributed by atoms with E-state index in [9.17, 15) is 4.79 Å². The quantitative estimate of drug-likeness (QED) is 0.667. The van der Waals surface area contributed by atoms with Crippen molar-refractivity contribution >= 4 is 17.7 Å². The molecule has 1 aromatic heterocycles. The number of rotatable bonds is 6. The van der Waals surface area contributed by atoms with E-state index < -0.39 is 0 Å². The molecule has 0 spiro atoms. The molecule has 0 radical (unpaired) electrons. The van der Waals surface area contributed by atoms with Gasteiger partial charge in [0.05, 0.1) is 0 Å². The van der Waals surface area contributed by atoms with Gasteiger partial charge in [0, 0.05) is 11.6 Å². The summed E-state index contributed by atoms with van der Waals surface area (Å²) in [6.07, 6.45) is 2.13. The topological polar surface area (TPSA) is 70.7 Å².